The Kier molecular flexibility index (Phi) is 11.4. The average Bonchev–Trinajstić information content (AvgIpc) is 3.13. The maximum Gasteiger partial charge on any atom is 0.247 e. The van der Waals surface area contributed by atoms with E-state index >= 15 is 0 Å². The van der Waals surface area contributed by atoms with E-state index in [9.17, 15) is 19.2 Å². The van der Waals surface area contributed by atoms with Gasteiger partial charge in [-0.25, -0.2) is 4.90 Å². The molecule has 0 aliphatic carbocycles. The summed E-state index contributed by atoms with van der Waals surface area (Å²) in [5.74, 6) is 0.425. The van der Waals surface area contributed by atoms with Crippen molar-refractivity contribution < 1.29 is 23.9 Å². The van der Waals surface area contributed by atoms with Gasteiger partial charge in [0.1, 0.15) is 0 Å². The van der Waals surface area contributed by atoms with Crippen LogP contribution in [0.3, 0.4) is 0 Å². The minimum absolute atomic E-state index is 0.0294. The highest BCUT2D eigenvalue weighted by Gasteiger charge is 2.39. The van der Waals surface area contributed by atoms with Crippen LogP contribution in [0.5, 0.6) is 0 Å². The Hall–Kier alpha value is -2.13. The molecular weight excluding hydrogens is 511 g/mol. The highest BCUT2D eigenvalue weighted by atomic mass is 32.2. The molecule has 2 unspecified atom stereocenters. The Balaban J connectivity index is 1.90. The lowest BCUT2D eigenvalue weighted by atomic mass is 9.65. The molecule has 1 radical (unpaired) electrons. The third-order valence-electron chi connectivity index (χ3n) is 7.32. The maximum atomic E-state index is 12.9. The summed E-state index contributed by atoms with van der Waals surface area (Å²) >= 11 is 1.50. The lowest BCUT2D eigenvalue weighted by Gasteiger charge is -2.32. The molecule has 0 aromatic heterocycles. The highest BCUT2D eigenvalue weighted by Crippen LogP contribution is 2.33. The zero-order chi connectivity index (χ0) is 29.6. The molecule has 7 nitrogen and oxygen atoms in total. The molecule has 39 heavy (non-hydrogen) atoms. The molecule has 0 bridgehead atoms. The second-order valence-electron chi connectivity index (χ2n) is 12.4. The monoisotopic (exact) mass is 557 g/mol. The van der Waals surface area contributed by atoms with E-state index in [0.717, 1.165) is 24.2 Å². The number of benzene rings is 1. The van der Waals surface area contributed by atoms with Crippen molar-refractivity contribution in [3.05, 3.63) is 29.8 Å². The smallest absolute Gasteiger partial charge is 0.247 e. The van der Waals surface area contributed by atoms with Crippen LogP contribution in [0.25, 0.3) is 0 Å². The van der Waals surface area contributed by atoms with Crippen LogP contribution >= 0.6 is 11.8 Å². The summed E-state index contributed by atoms with van der Waals surface area (Å²) in [7, 11) is 1.58. The Morgan fingerprint density at radius 2 is 1.74 bits per heavy atom. The van der Waals surface area contributed by atoms with Crippen LogP contribution in [0.2, 0.25) is 6.82 Å². The van der Waals surface area contributed by atoms with Gasteiger partial charge in [0.05, 0.1) is 28.8 Å². The summed E-state index contributed by atoms with van der Waals surface area (Å²) in [5.41, 5.74) is 0.188. The molecule has 2 rings (SSSR count). The lowest BCUT2D eigenvalue weighted by molar-refractivity contribution is -0.128. The SMILES string of the molecule is C[B]C(=O)C(C)(C)COC(C)(C)CCC(C)NC(=O)CC(C)(C)c1ccc(N2C(=O)CC(SCC)C2=O)cc1. The molecule has 1 aromatic rings. The van der Waals surface area contributed by atoms with Crippen molar-refractivity contribution in [2.24, 2.45) is 5.41 Å². The van der Waals surface area contributed by atoms with Crippen LogP contribution in [0.15, 0.2) is 24.3 Å². The third kappa shape index (κ3) is 9.20. The average molecular weight is 558 g/mol. The first-order chi connectivity index (χ1) is 18.0. The molecule has 1 heterocycles. The Labute approximate surface area is 239 Å². The third-order valence-corrected chi connectivity index (χ3v) is 8.43. The first-order valence-corrected chi connectivity index (χ1v) is 14.9. The van der Waals surface area contributed by atoms with Crippen molar-refractivity contribution in [2.45, 2.75) is 110 Å². The number of anilines is 1. The van der Waals surface area contributed by atoms with Crippen molar-refractivity contribution in [2.75, 3.05) is 17.3 Å². The number of thioether (sulfide) groups is 1. The van der Waals surface area contributed by atoms with Gasteiger partial charge in [0, 0.05) is 24.3 Å². The quantitative estimate of drug-likeness (QED) is 0.238. The van der Waals surface area contributed by atoms with Crippen molar-refractivity contribution >= 4 is 48.1 Å². The molecule has 9 heteroatoms. The molecule has 1 N–H and O–H groups in total. The topological polar surface area (TPSA) is 92.8 Å². The first kappa shape index (κ1) is 33.1. The minimum Gasteiger partial charge on any atom is -0.375 e. The molecule has 215 valence electrons. The van der Waals surface area contributed by atoms with Gasteiger partial charge in [-0.3, -0.25) is 14.4 Å². The Morgan fingerprint density at radius 3 is 2.31 bits per heavy atom. The van der Waals surface area contributed by atoms with E-state index in [1.807, 2.05) is 67.5 Å². The Morgan fingerprint density at radius 1 is 1.13 bits per heavy atom. The van der Waals surface area contributed by atoms with Gasteiger partial charge in [-0.1, -0.05) is 53.6 Å². The number of imide groups is 1. The summed E-state index contributed by atoms with van der Waals surface area (Å²) in [6.45, 7) is 17.9. The number of carbonyl (C=O) groups excluding carboxylic acids is 4. The second-order valence-corrected chi connectivity index (χ2v) is 13.9. The number of ether oxygens (including phenoxy) is 1. The standard InChI is InChI=1S/C30H46BN2O5S/c1-10-39-23-17-25(35)33(26(23)36)22-13-11-21(12-14-22)28(3,4)18-24(34)32-20(2)15-16-30(7,8)38-19-29(5,6)27(37)31-9/h11-14,20,23H,10,15-19H2,1-9H3,(H,32,34). The largest absolute Gasteiger partial charge is 0.375 e. The van der Waals surface area contributed by atoms with Crippen LogP contribution in [-0.2, 0) is 29.3 Å². The molecular formula is C30H46BN2O5S. The number of amides is 3. The minimum atomic E-state index is -0.564. The van der Waals surface area contributed by atoms with Crippen molar-refractivity contribution in [3.63, 3.8) is 0 Å². The van der Waals surface area contributed by atoms with Crippen molar-refractivity contribution in [1.82, 2.24) is 5.32 Å². The van der Waals surface area contributed by atoms with Gasteiger partial charge >= 0.3 is 0 Å². The van der Waals surface area contributed by atoms with Crippen molar-refractivity contribution in [1.29, 1.82) is 0 Å². The molecule has 2 atom stereocenters. The van der Waals surface area contributed by atoms with E-state index in [0.29, 0.717) is 18.7 Å². The van der Waals surface area contributed by atoms with Gasteiger partial charge in [0.15, 0.2) is 7.28 Å². The first-order valence-electron chi connectivity index (χ1n) is 13.9. The van der Waals surface area contributed by atoms with E-state index in [-0.39, 0.29) is 41.1 Å². The zero-order valence-corrected chi connectivity index (χ0v) is 26.0. The number of hydrogen-bond donors (Lipinski definition) is 1. The van der Waals surface area contributed by atoms with Gasteiger partial charge < -0.3 is 14.8 Å². The van der Waals surface area contributed by atoms with E-state index in [1.54, 1.807) is 26.2 Å². The number of nitrogens with zero attached hydrogens (tertiary/aromatic N) is 1. The van der Waals surface area contributed by atoms with Gasteiger partial charge in [0.2, 0.25) is 17.7 Å². The second kappa shape index (κ2) is 13.5. The number of nitrogens with one attached hydrogen (secondary N) is 1. The molecule has 1 aliphatic rings. The Bertz CT molecular complexity index is 1040. The normalized spacial score (nSPS) is 17.4. The van der Waals surface area contributed by atoms with Gasteiger partial charge in [0.25, 0.3) is 0 Å². The number of carbonyl (C=O) groups is 4. The maximum absolute atomic E-state index is 12.9. The summed E-state index contributed by atoms with van der Waals surface area (Å²) in [6, 6.07) is 7.35. The zero-order valence-electron chi connectivity index (χ0n) is 25.2. The van der Waals surface area contributed by atoms with Gasteiger partial charge in [-0.15, -0.1) is 11.8 Å². The number of hydrogen-bond acceptors (Lipinski definition) is 6. The van der Waals surface area contributed by atoms with Crippen LogP contribution in [0.4, 0.5) is 5.69 Å². The fourth-order valence-electron chi connectivity index (χ4n) is 4.64. The van der Waals surface area contributed by atoms with Gasteiger partial charge in [-0.2, -0.15) is 0 Å². The molecule has 1 aliphatic heterocycles. The molecule has 3 amide bonds. The summed E-state index contributed by atoms with van der Waals surface area (Å²) < 4.78 is 6.09. The van der Waals surface area contributed by atoms with Crippen LogP contribution in [0.1, 0.15) is 86.6 Å². The molecule has 1 aromatic carbocycles. The highest BCUT2D eigenvalue weighted by molar-refractivity contribution is 8.00. The summed E-state index contributed by atoms with van der Waals surface area (Å²) in [5, 5.41) is 2.80. The van der Waals surface area contributed by atoms with E-state index in [1.165, 1.54) is 16.7 Å². The van der Waals surface area contributed by atoms with E-state index in [4.69, 9.17) is 4.74 Å². The predicted molar refractivity (Wildman–Crippen MR) is 160 cm³/mol. The predicted octanol–water partition coefficient (Wildman–Crippen LogP) is 5.12. The fourth-order valence-corrected chi connectivity index (χ4v) is 5.55. The van der Waals surface area contributed by atoms with Crippen LogP contribution in [-0.4, -0.2) is 59.9 Å². The van der Waals surface area contributed by atoms with Crippen molar-refractivity contribution in [3.8, 4) is 0 Å². The number of rotatable bonds is 15. The molecule has 1 fully saturated rings. The van der Waals surface area contributed by atoms with Gasteiger partial charge in [-0.05, 0) is 62.5 Å². The molecule has 0 spiro atoms. The van der Waals surface area contributed by atoms with Crippen LogP contribution < -0.4 is 10.2 Å². The summed E-state index contributed by atoms with van der Waals surface area (Å²) in [4.78, 5) is 51.4. The van der Waals surface area contributed by atoms with E-state index < -0.39 is 16.4 Å². The molecule has 1 saturated heterocycles. The lowest BCUT2D eigenvalue weighted by Crippen LogP contribution is -2.39. The fraction of sp³-hybridized carbons (Fsp3) is 0.667. The van der Waals surface area contributed by atoms with E-state index in [2.05, 4.69) is 5.32 Å². The van der Waals surface area contributed by atoms with Crippen LogP contribution in [0, 0.1) is 5.41 Å². The molecule has 0 saturated carbocycles. The summed E-state index contributed by atoms with van der Waals surface area (Å²) in [6.07, 6.45) is 2.03.